The lowest BCUT2D eigenvalue weighted by Gasteiger charge is -2.19. The molecule has 0 bridgehead atoms. The van der Waals surface area contributed by atoms with E-state index in [0.29, 0.717) is 17.6 Å². The molecule has 2 fully saturated rings. The molecule has 2 unspecified atom stereocenters. The topological polar surface area (TPSA) is 21.3 Å². The first kappa shape index (κ1) is 12.0. The molecule has 0 saturated heterocycles. The maximum absolute atomic E-state index is 5.79. The van der Waals surface area contributed by atoms with Gasteiger partial charge < -0.3 is 10.1 Å². The summed E-state index contributed by atoms with van der Waals surface area (Å²) in [7, 11) is 2.06. The van der Waals surface area contributed by atoms with Gasteiger partial charge >= 0.3 is 0 Å². The van der Waals surface area contributed by atoms with E-state index in [1.54, 1.807) is 0 Å². The smallest absolute Gasteiger partial charge is 0.119 e. The van der Waals surface area contributed by atoms with E-state index in [-0.39, 0.29) is 0 Å². The SMILES string of the molecule is CNC(c1ccc(OC2CC2)cc1)C1CC1(C)C. The molecule has 2 saturated carbocycles. The van der Waals surface area contributed by atoms with Crippen LogP contribution in [0.3, 0.4) is 0 Å². The Morgan fingerprint density at radius 1 is 1.22 bits per heavy atom. The van der Waals surface area contributed by atoms with Crippen LogP contribution in [0.4, 0.5) is 0 Å². The maximum atomic E-state index is 5.79. The highest BCUT2D eigenvalue weighted by atomic mass is 16.5. The molecule has 0 aromatic heterocycles. The van der Waals surface area contributed by atoms with E-state index in [1.807, 2.05) is 0 Å². The van der Waals surface area contributed by atoms with E-state index >= 15 is 0 Å². The summed E-state index contributed by atoms with van der Waals surface area (Å²) in [5, 5.41) is 3.47. The summed E-state index contributed by atoms with van der Waals surface area (Å²) >= 11 is 0. The quantitative estimate of drug-likeness (QED) is 0.856. The Kier molecular flexibility index (Phi) is 2.86. The van der Waals surface area contributed by atoms with Crippen molar-refractivity contribution in [3.8, 4) is 5.75 Å². The second kappa shape index (κ2) is 4.27. The summed E-state index contributed by atoms with van der Waals surface area (Å²) < 4.78 is 5.79. The minimum absolute atomic E-state index is 0.481. The second-order valence-electron chi connectivity index (χ2n) is 6.45. The third-order valence-corrected chi connectivity index (χ3v) is 4.37. The summed E-state index contributed by atoms with van der Waals surface area (Å²) in [5.41, 5.74) is 1.88. The molecule has 2 atom stereocenters. The molecule has 1 aromatic rings. The number of hydrogen-bond acceptors (Lipinski definition) is 2. The molecule has 1 aromatic carbocycles. The normalized spacial score (nSPS) is 26.7. The lowest BCUT2D eigenvalue weighted by atomic mass is 9.97. The van der Waals surface area contributed by atoms with Gasteiger partial charge in [-0.3, -0.25) is 0 Å². The van der Waals surface area contributed by atoms with Crippen LogP contribution in [0.15, 0.2) is 24.3 Å². The molecule has 0 spiro atoms. The van der Waals surface area contributed by atoms with Crippen molar-refractivity contribution in [3.05, 3.63) is 29.8 Å². The monoisotopic (exact) mass is 245 g/mol. The summed E-state index contributed by atoms with van der Waals surface area (Å²) in [4.78, 5) is 0. The molecule has 3 rings (SSSR count). The molecular weight excluding hydrogens is 222 g/mol. The highest BCUT2D eigenvalue weighted by molar-refractivity contribution is 5.31. The Morgan fingerprint density at radius 2 is 1.83 bits per heavy atom. The van der Waals surface area contributed by atoms with Crippen molar-refractivity contribution in [2.45, 2.75) is 45.3 Å². The third kappa shape index (κ3) is 2.39. The molecule has 2 aliphatic carbocycles. The van der Waals surface area contributed by atoms with Gasteiger partial charge in [0.15, 0.2) is 0 Å². The van der Waals surface area contributed by atoms with E-state index in [4.69, 9.17) is 4.74 Å². The van der Waals surface area contributed by atoms with Crippen LogP contribution >= 0.6 is 0 Å². The fraction of sp³-hybridized carbons (Fsp3) is 0.625. The van der Waals surface area contributed by atoms with Gasteiger partial charge in [-0.05, 0) is 55.3 Å². The Morgan fingerprint density at radius 3 is 2.28 bits per heavy atom. The summed E-state index contributed by atoms with van der Waals surface area (Å²) in [6.07, 6.45) is 4.24. The van der Waals surface area contributed by atoms with Gasteiger partial charge in [0, 0.05) is 6.04 Å². The van der Waals surface area contributed by atoms with Crippen molar-refractivity contribution >= 4 is 0 Å². The molecule has 1 N–H and O–H groups in total. The Bertz CT molecular complexity index is 419. The third-order valence-electron chi connectivity index (χ3n) is 4.37. The van der Waals surface area contributed by atoms with Crippen LogP contribution < -0.4 is 10.1 Å². The number of rotatable bonds is 5. The van der Waals surface area contributed by atoms with E-state index in [0.717, 1.165) is 11.7 Å². The first-order valence-corrected chi connectivity index (χ1v) is 7.04. The summed E-state index contributed by atoms with van der Waals surface area (Å²) in [6.45, 7) is 4.71. The van der Waals surface area contributed by atoms with E-state index in [2.05, 4.69) is 50.5 Å². The molecular formula is C16H23NO. The standard InChI is InChI=1S/C16H23NO/c1-16(2)10-14(16)15(17-3)11-4-6-12(7-5-11)18-13-8-9-13/h4-7,13-15,17H,8-10H2,1-3H3. The Labute approximate surface area is 110 Å². The molecule has 18 heavy (non-hydrogen) atoms. The fourth-order valence-corrected chi connectivity index (χ4v) is 2.81. The van der Waals surface area contributed by atoms with Crippen molar-refractivity contribution in [1.82, 2.24) is 5.32 Å². The molecule has 0 aliphatic heterocycles. The molecule has 2 heteroatoms. The minimum atomic E-state index is 0.481. The van der Waals surface area contributed by atoms with Crippen LogP contribution in [-0.2, 0) is 0 Å². The van der Waals surface area contributed by atoms with Gasteiger partial charge in [-0.1, -0.05) is 26.0 Å². The van der Waals surface area contributed by atoms with Crippen LogP contribution in [0.25, 0.3) is 0 Å². The zero-order valence-electron chi connectivity index (χ0n) is 11.6. The van der Waals surface area contributed by atoms with Crippen molar-refractivity contribution in [1.29, 1.82) is 0 Å². The maximum Gasteiger partial charge on any atom is 0.119 e. The zero-order valence-corrected chi connectivity index (χ0v) is 11.6. The molecule has 0 radical (unpaired) electrons. The summed E-state index contributed by atoms with van der Waals surface area (Å²) in [6, 6.07) is 9.15. The molecule has 0 heterocycles. The lowest BCUT2D eigenvalue weighted by Crippen LogP contribution is -2.20. The number of ether oxygens (including phenoxy) is 1. The Balaban J connectivity index is 1.70. The van der Waals surface area contributed by atoms with E-state index in [1.165, 1.54) is 24.8 Å². The van der Waals surface area contributed by atoms with E-state index in [9.17, 15) is 0 Å². The van der Waals surface area contributed by atoms with Gasteiger partial charge in [-0.15, -0.1) is 0 Å². The molecule has 0 amide bonds. The number of nitrogens with one attached hydrogen (secondary N) is 1. The minimum Gasteiger partial charge on any atom is -0.490 e. The highest BCUT2D eigenvalue weighted by Gasteiger charge is 2.49. The number of benzene rings is 1. The largest absolute Gasteiger partial charge is 0.490 e. The van der Waals surface area contributed by atoms with Crippen LogP contribution in [0.5, 0.6) is 5.75 Å². The first-order chi connectivity index (χ1) is 8.60. The van der Waals surface area contributed by atoms with Crippen molar-refractivity contribution in [3.63, 3.8) is 0 Å². The first-order valence-electron chi connectivity index (χ1n) is 7.04. The zero-order chi connectivity index (χ0) is 12.8. The highest BCUT2D eigenvalue weighted by Crippen LogP contribution is 2.57. The van der Waals surface area contributed by atoms with Crippen molar-refractivity contribution in [2.75, 3.05) is 7.05 Å². The van der Waals surface area contributed by atoms with Gasteiger partial charge in [0.05, 0.1) is 6.10 Å². The van der Waals surface area contributed by atoms with Crippen LogP contribution in [-0.4, -0.2) is 13.2 Å². The lowest BCUT2D eigenvalue weighted by molar-refractivity contribution is 0.303. The average molecular weight is 245 g/mol. The van der Waals surface area contributed by atoms with Crippen LogP contribution in [0.1, 0.15) is 44.7 Å². The van der Waals surface area contributed by atoms with Gasteiger partial charge in [-0.25, -0.2) is 0 Å². The fourth-order valence-electron chi connectivity index (χ4n) is 2.81. The average Bonchev–Trinajstić information content (AvgIpc) is 3.23. The predicted octanol–water partition coefficient (Wildman–Crippen LogP) is 3.53. The second-order valence-corrected chi connectivity index (χ2v) is 6.45. The van der Waals surface area contributed by atoms with Crippen molar-refractivity contribution in [2.24, 2.45) is 11.3 Å². The van der Waals surface area contributed by atoms with E-state index < -0.39 is 0 Å². The van der Waals surface area contributed by atoms with Gasteiger partial charge in [0.25, 0.3) is 0 Å². The van der Waals surface area contributed by atoms with Gasteiger partial charge in [0.2, 0.25) is 0 Å². The number of hydrogen-bond donors (Lipinski definition) is 1. The summed E-state index contributed by atoms with van der Waals surface area (Å²) in [5.74, 6) is 1.78. The molecule has 2 aliphatic rings. The molecule has 2 nitrogen and oxygen atoms in total. The Hall–Kier alpha value is -1.02. The van der Waals surface area contributed by atoms with Crippen LogP contribution in [0, 0.1) is 11.3 Å². The van der Waals surface area contributed by atoms with Crippen LogP contribution in [0.2, 0.25) is 0 Å². The van der Waals surface area contributed by atoms with Gasteiger partial charge in [-0.2, -0.15) is 0 Å². The molecule has 98 valence electrons. The predicted molar refractivity (Wildman–Crippen MR) is 73.8 cm³/mol. The van der Waals surface area contributed by atoms with Gasteiger partial charge in [0.1, 0.15) is 5.75 Å². The van der Waals surface area contributed by atoms with Crippen molar-refractivity contribution < 1.29 is 4.74 Å².